The number of rotatable bonds is 4. The molecule has 0 saturated carbocycles. The Labute approximate surface area is 218 Å². The Morgan fingerprint density at radius 2 is 1.89 bits per heavy atom. The fourth-order valence-electron chi connectivity index (χ4n) is 3.73. The van der Waals surface area contributed by atoms with Gasteiger partial charge in [0.25, 0.3) is 0 Å². The van der Waals surface area contributed by atoms with E-state index in [2.05, 4.69) is 39.1 Å². The zero-order valence-electron chi connectivity index (χ0n) is 20.9. The average molecular weight is 524 g/mol. The summed E-state index contributed by atoms with van der Waals surface area (Å²) in [4.78, 5) is 21.9. The third kappa shape index (κ3) is 7.54. The van der Waals surface area contributed by atoms with E-state index < -0.39 is 17.6 Å². The van der Waals surface area contributed by atoms with E-state index in [1.165, 1.54) is 18.5 Å². The lowest BCUT2D eigenvalue weighted by Crippen LogP contribution is -2.25. The number of halogens is 3. The molecule has 6 N–H and O–H groups in total. The van der Waals surface area contributed by atoms with E-state index in [0.29, 0.717) is 22.5 Å². The Balaban J connectivity index is 0.000000336. The third-order valence-corrected chi connectivity index (χ3v) is 5.80. The normalized spacial score (nSPS) is 15.0. The number of likely N-dealkylation sites (tertiary alicyclic amines) is 1. The molecule has 1 fully saturated rings. The number of carbonyl (C=O) groups is 1. The Bertz CT molecular complexity index is 1360. The number of alkyl halides is 3. The lowest BCUT2D eigenvalue weighted by Gasteiger charge is -2.16. The van der Waals surface area contributed by atoms with Crippen molar-refractivity contribution in [1.82, 2.24) is 14.9 Å². The number of nitrogens with one attached hydrogen (secondary N) is 2. The second kappa shape index (κ2) is 12.2. The summed E-state index contributed by atoms with van der Waals surface area (Å²) in [5, 5.41) is 11.8. The molecule has 3 aromatic rings. The van der Waals surface area contributed by atoms with Gasteiger partial charge in [0.15, 0.2) is 0 Å². The maximum atomic E-state index is 11.8. The topological polar surface area (TPSA) is 134 Å². The largest absolute Gasteiger partial charge is 0.416 e. The third-order valence-electron chi connectivity index (χ3n) is 5.80. The maximum Gasteiger partial charge on any atom is 0.416 e. The first-order valence-electron chi connectivity index (χ1n) is 11.6. The Morgan fingerprint density at radius 3 is 2.47 bits per heavy atom. The van der Waals surface area contributed by atoms with Crippen LogP contribution in [0.25, 0.3) is 0 Å². The van der Waals surface area contributed by atoms with Gasteiger partial charge in [0, 0.05) is 23.7 Å². The van der Waals surface area contributed by atoms with E-state index in [9.17, 15) is 18.0 Å². The van der Waals surface area contributed by atoms with Gasteiger partial charge in [0.05, 0.1) is 11.1 Å². The van der Waals surface area contributed by atoms with Crippen LogP contribution in [0.2, 0.25) is 0 Å². The highest BCUT2D eigenvalue weighted by molar-refractivity contribution is 6.16. The van der Waals surface area contributed by atoms with Gasteiger partial charge in [-0.2, -0.15) is 13.2 Å². The van der Waals surface area contributed by atoms with E-state index in [0.717, 1.165) is 37.2 Å². The van der Waals surface area contributed by atoms with Crippen LogP contribution in [-0.4, -0.2) is 52.7 Å². The van der Waals surface area contributed by atoms with Crippen molar-refractivity contribution >= 4 is 23.3 Å². The number of nitrogens with zero attached hydrogens (tertiary/aromatic N) is 3. The molecule has 2 aromatic carbocycles. The number of anilines is 2. The number of aryl methyl sites for hydroxylation is 1. The van der Waals surface area contributed by atoms with Crippen LogP contribution in [0.4, 0.5) is 24.8 Å². The minimum absolute atomic E-state index is 0.0100. The molecule has 1 saturated heterocycles. The van der Waals surface area contributed by atoms with Gasteiger partial charge in [-0.05, 0) is 50.6 Å². The van der Waals surface area contributed by atoms with Gasteiger partial charge in [-0.15, -0.1) is 0 Å². The zero-order chi connectivity index (χ0) is 27.9. The highest BCUT2D eigenvalue weighted by Gasteiger charge is 2.29. The molecule has 11 heteroatoms. The summed E-state index contributed by atoms with van der Waals surface area (Å²) >= 11 is 0. The van der Waals surface area contributed by atoms with Crippen LogP contribution in [-0.2, 0) is 6.18 Å². The van der Waals surface area contributed by atoms with Crippen LogP contribution in [0.1, 0.15) is 39.0 Å². The van der Waals surface area contributed by atoms with Gasteiger partial charge in [0.1, 0.15) is 23.7 Å². The predicted molar refractivity (Wildman–Crippen MR) is 141 cm³/mol. The SMILES string of the molecule is Cc1ccc(C(N)=O)cc1C#CC(=N)c1c(N)ncnc1NC1CCN(C)C1.FC(F)(F)c1ccccc1. The number of primary amides is 1. The second-order valence-corrected chi connectivity index (χ2v) is 8.76. The molecule has 1 unspecified atom stereocenters. The van der Waals surface area contributed by atoms with E-state index in [1.54, 1.807) is 24.3 Å². The summed E-state index contributed by atoms with van der Waals surface area (Å²) in [7, 11) is 2.06. The number of amides is 1. The lowest BCUT2D eigenvalue weighted by molar-refractivity contribution is -0.137. The molecule has 198 valence electrons. The molecule has 1 aromatic heterocycles. The summed E-state index contributed by atoms with van der Waals surface area (Å²) in [6.45, 7) is 3.77. The van der Waals surface area contributed by atoms with Crippen molar-refractivity contribution in [2.75, 3.05) is 31.2 Å². The van der Waals surface area contributed by atoms with Gasteiger partial charge < -0.3 is 21.7 Å². The minimum atomic E-state index is -4.21. The molecule has 0 spiro atoms. The zero-order valence-corrected chi connectivity index (χ0v) is 20.9. The summed E-state index contributed by atoms with van der Waals surface area (Å²) in [6, 6.07) is 11.6. The first-order valence-corrected chi connectivity index (χ1v) is 11.6. The first-order chi connectivity index (χ1) is 18.0. The van der Waals surface area contributed by atoms with Crippen molar-refractivity contribution in [3.63, 3.8) is 0 Å². The lowest BCUT2D eigenvalue weighted by atomic mass is 10.0. The van der Waals surface area contributed by atoms with Crippen molar-refractivity contribution < 1.29 is 18.0 Å². The Hall–Kier alpha value is -4.43. The molecule has 1 amide bonds. The highest BCUT2D eigenvalue weighted by Crippen LogP contribution is 2.28. The van der Waals surface area contributed by atoms with Crippen molar-refractivity contribution in [2.45, 2.75) is 25.6 Å². The van der Waals surface area contributed by atoms with Crippen LogP contribution in [0.3, 0.4) is 0 Å². The van der Waals surface area contributed by atoms with Gasteiger partial charge in [-0.1, -0.05) is 42.3 Å². The number of hydrogen-bond acceptors (Lipinski definition) is 7. The molecular formula is C27H28F3N7O. The van der Waals surface area contributed by atoms with E-state index in [1.807, 2.05) is 6.92 Å². The average Bonchev–Trinajstić information content (AvgIpc) is 3.28. The smallest absolute Gasteiger partial charge is 0.383 e. The molecule has 1 aliphatic rings. The van der Waals surface area contributed by atoms with Crippen LogP contribution < -0.4 is 16.8 Å². The van der Waals surface area contributed by atoms with Gasteiger partial charge >= 0.3 is 6.18 Å². The molecule has 38 heavy (non-hydrogen) atoms. The number of aromatic nitrogens is 2. The summed E-state index contributed by atoms with van der Waals surface area (Å²) in [5.74, 6) is 5.93. The monoisotopic (exact) mass is 523 g/mol. The van der Waals surface area contributed by atoms with E-state index in [4.69, 9.17) is 16.9 Å². The quantitative estimate of drug-likeness (QED) is 0.304. The Kier molecular flexibility index (Phi) is 9.04. The summed E-state index contributed by atoms with van der Waals surface area (Å²) in [5.41, 5.74) is 13.0. The van der Waals surface area contributed by atoms with Gasteiger partial charge in [-0.25, -0.2) is 9.97 Å². The number of nitrogens with two attached hydrogens (primary N) is 2. The van der Waals surface area contributed by atoms with Crippen LogP contribution in [0.5, 0.6) is 0 Å². The molecule has 4 rings (SSSR count). The van der Waals surface area contributed by atoms with Crippen molar-refractivity contribution in [3.05, 3.63) is 82.7 Å². The molecule has 2 heterocycles. The summed E-state index contributed by atoms with van der Waals surface area (Å²) < 4.78 is 35.4. The summed E-state index contributed by atoms with van der Waals surface area (Å²) in [6.07, 6.45) is -1.85. The number of hydrogen-bond donors (Lipinski definition) is 4. The maximum absolute atomic E-state index is 11.8. The molecule has 0 radical (unpaired) electrons. The number of likely N-dealkylation sites (N-methyl/N-ethyl adjacent to an activating group) is 1. The van der Waals surface area contributed by atoms with Crippen LogP contribution in [0, 0.1) is 24.2 Å². The number of nitrogen functional groups attached to an aromatic ring is 1. The van der Waals surface area contributed by atoms with Crippen molar-refractivity contribution in [1.29, 1.82) is 5.41 Å². The van der Waals surface area contributed by atoms with Gasteiger partial charge in [-0.3, -0.25) is 10.2 Å². The molecule has 0 aliphatic carbocycles. The fourth-order valence-corrected chi connectivity index (χ4v) is 3.73. The number of benzene rings is 2. The van der Waals surface area contributed by atoms with Crippen molar-refractivity contribution in [3.8, 4) is 11.8 Å². The second-order valence-electron chi connectivity index (χ2n) is 8.76. The minimum Gasteiger partial charge on any atom is -0.383 e. The molecule has 8 nitrogen and oxygen atoms in total. The van der Waals surface area contributed by atoms with E-state index in [-0.39, 0.29) is 17.6 Å². The standard InChI is InChI=1S/C20H23N7O.C7H5F3/c1-12-3-4-14(19(23)28)9-13(12)5-6-16(21)17-18(22)24-11-25-20(17)26-15-7-8-27(2)10-15;8-7(9,10)6-4-2-1-3-5-6/h3-4,9,11,15,21H,7-8,10H2,1-2H3,(H2,23,28)(H3,22,24,25,26);1-5H. The molecule has 1 aliphatic heterocycles. The van der Waals surface area contributed by atoms with Crippen LogP contribution >= 0.6 is 0 Å². The fraction of sp³-hybridized carbons (Fsp3) is 0.259. The van der Waals surface area contributed by atoms with Gasteiger partial charge in [0.2, 0.25) is 5.91 Å². The number of carbonyl (C=O) groups excluding carboxylic acids is 1. The molecule has 0 bridgehead atoms. The van der Waals surface area contributed by atoms with E-state index >= 15 is 0 Å². The van der Waals surface area contributed by atoms with Crippen molar-refractivity contribution in [2.24, 2.45) is 5.73 Å². The molecular weight excluding hydrogens is 495 g/mol. The highest BCUT2D eigenvalue weighted by atomic mass is 19.4. The predicted octanol–water partition coefficient (Wildman–Crippen LogP) is 3.71. The Morgan fingerprint density at radius 1 is 1.18 bits per heavy atom. The first kappa shape index (κ1) is 28.1. The molecule has 1 atom stereocenters. The van der Waals surface area contributed by atoms with Crippen LogP contribution in [0.15, 0.2) is 54.9 Å².